The minimum atomic E-state index is -0.897. The molecule has 0 saturated heterocycles. The van der Waals surface area contributed by atoms with Gasteiger partial charge < -0.3 is 14.8 Å². The van der Waals surface area contributed by atoms with Crippen LogP contribution in [0.25, 0.3) is 0 Å². The summed E-state index contributed by atoms with van der Waals surface area (Å²) in [7, 11) is 0. The summed E-state index contributed by atoms with van der Waals surface area (Å²) in [5, 5.41) is 19.7. The number of aliphatic hydroxyl groups is 2. The highest BCUT2D eigenvalue weighted by atomic mass is 16.3. The van der Waals surface area contributed by atoms with Crippen LogP contribution in [0.4, 0.5) is 0 Å². The van der Waals surface area contributed by atoms with Crippen LogP contribution in [0.5, 0.6) is 0 Å². The maximum atomic E-state index is 9.92. The molecule has 0 aromatic carbocycles. The van der Waals surface area contributed by atoms with Crippen LogP contribution in [0.15, 0.2) is 12.4 Å². The number of rotatable bonds is 5. The molecule has 1 rings (SSSR count). The molecule has 4 nitrogen and oxygen atoms in total. The molecule has 0 saturated carbocycles. The summed E-state index contributed by atoms with van der Waals surface area (Å²) in [5.41, 5.74) is 0. The molecule has 0 aliphatic rings. The second-order valence-electron chi connectivity index (χ2n) is 4.16. The van der Waals surface area contributed by atoms with E-state index >= 15 is 0 Å². The molecule has 0 amide bonds. The fourth-order valence-corrected chi connectivity index (χ4v) is 1.53. The molecular formula is C11H20N2O2. The lowest BCUT2D eigenvalue weighted by Crippen LogP contribution is -2.26. The average Bonchev–Trinajstić information content (AvgIpc) is 2.64. The van der Waals surface area contributed by atoms with Crippen LogP contribution in [0.2, 0.25) is 0 Å². The molecule has 0 aliphatic carbocycles. The van der Waals surface area contributed by atoms with Crippen molar-refractivity contribution in [3.8, 4) is 0 Å². The van der Waals surface area contributed by atoms with Crippen LogP contribution >= 0.6 is 0 Å². The molecule has 4 heteroatoms. The Morgan fingerprint density at radius 2 is 2.07 bits per heavy atom. The molecule has 0 spiro atoms. The van der Waals surface area contributed by atoms with Crippen molar-refractivity contribution >= 4 is 0 Å². The first-order chi connectivity index (χ1) is 7.07. The fourth-order valence-electron chi connectivity index (χ4n) is 1.53. The quantitative estimate of drug-likeness (QED) is 0.774. The summed E-state index contributed by atoms with van der Waals surface area (Å²) in [4.78, 5) is 4.09. The predicted molar refractivity (Wildman–Crippen MR) is 58.3 cm³/mol. The van der Waals surface area contributed by atoms with Gasteiger partial charge in [0.1, 0.15) is 11.9 Å². The molecule has 1 heterocycles. The minimum absolute atomic E-state index is 0.0202. The molecule has 0 radical (unpaired) electrons. The number of hydrogen-bond donors (Lipinski definition) is 2. The van der Waals surface area contributed by atoms with E-state index in [2.05, 4.69) is 11.9 Å². The second kappa shape index (κ2) is 5.28. The Morgan fingerprint density at radius 1 is 1.40 bits per heavy atom. The third kappa shape index (κ3) is 2.79. The third-order valence-corrected chi connectivity index (χ3v) is 2.48. The summed E-state index contributed by atoms with van der Waals surface area (Å²) in [6, 6.07) is 0. The number of nitrogens with zero attached hydrogens (tertiary/aromatic N) is 2. The molecule has 0 aliphatic heterocycles. The smallest absolute Gasteiger partial charge is 0.140 e. The van der Waals surface area contributed by atoms with E-state index in [1.807, 2.05) is 24.6 Å². The maximum absolute atomic E-state index is 9.92. The van der Waals surface area contributed by atoms with Gasteiger partial charge in [-0.15, -0.1) is 0 Å². The van der Waals surface area contributed by atoms with Crippen LogP contribution in [-0.4, -0.2) is 25.9 Å². The van der Waals surface area contributed by atoms with Crippen molar-refractivity contribution in [2.75, 3.05) is 0 Å². The lowest BCUT2D eigenvalue weighted by molar-refractivity contribution is -0.0159. The van der Waals surface area contributed by atoms with Gasteiger partial charge in [-0.3, -0.25) is 0 Å². The van der Waals surface area contributed by atoms with Crippen LogP contribution in [-0.2, 0) is 6.54 Å². The Morgan fingerprint density at radius 3 is 2.60 bits per heavy atom. The Kier molecular flexibility index (Phi) is 4.29. The number of aliphatic hydroxyl groups excluding tert-OH is 2. The maximum Gasteiger partial charge on any atom is 0.140 e. The number of imidazole rings is 1. The van der Waals surface area contributed by atoms with Gasteiger partial charge in [0.25, 0.3) is 0 Å². The molecule has 2 N–H and O–H groups in total. The van der Waals surface area contributed by atoms with Crippen LogP contribution in [0.1, 0.15) is 39.1 Å². The highest BCUT2D eigenvalue weighted by Gasteiger charge is 2.24. The van der Waals surface area contributed by atoms with Gasteiger partial charge in [-0.1, -0.05) is 20.8 Å². The van der Waals surface area contributed by atoms with Gasteiger partial charge in [-0.25, -0.2) is 4.98 Å². The van der Waals surface area contributed by atoms with Crippen molar-refractivity contribution < 1.29 is 10.2 Å². The lowest BCUT2D eigenvalue weighted by atomic mass is 10.0. The fraction of sp³-hybridized carbons (Fsp3) is 0.727. The first kappa shape index (κ1) is 12.2. The van der Waals surface area contributed by atoms with Crippen molar-refractivity contribution in [2.24, 2.45) is 5.92 Å². The summed E-state index contributed by atoms with van der Waals surface area (Å²) in [6.45, 7) is 6.63. The van der Waals surface area contributed by atoms with Crippen molar-refractivity contribution in [1.29, 1.82) is 0 Å². The second-order valence-corrected chi connectivity index (χ2v) is 4.16. The zero-order valence-corrected chi connectivity index (χ0v) is 9.59. The van der Waals surface area contributed by atoms with Gasteiger partial charge in [0.15, 0.2) is 0 Å². The molecular weight excluding hydrogens is 192 g/mol. The van der Waals surface area contributed by atoms with E-state index < -0.39 is 12.2 Å². The van der Waals surface area contributed by atoms with Crippen LogP contribution in [0.3, 0.4) is 0 Å². The highest BCUT2D eigenvalue weighted by Crippen LogP contribution is 2.20. The molecule has 86 valence electrons. The molecule has 2 unspecified atom stereocenters. The van der Waals surface area contributed by atoms with E-state index in [1.54, 1.807) is 6.20 Å². The molecule has 15 heavy (non-hydrogen) atoms. The monoisotopic (exact) mass is 212 g/mol. The van der Waals surface area contributed by atoms with Gasteiger partial charge in [-0.2, -0.15) is 0 Å². The summed E-state index contributed by atoms with van der Waals surface area (Å²) < 4.78 is 1.89. The van der Waals surface area contributed by atoms with Gasteiger partial charge >= 0.3 is 0 Å². The normalized spacial score (nSPS) is 15.6. The first-order valence-electron chi connectivity index (χ1n) is 5.45. The summed E-state index contributed by atoms with van der Waals surface area (Å²) >= 11 is 0. The predicted octanol–water partition coefficient (Wildman–Crippen LogP) is 1.34. The zero-order chi connectivity index (χ0) is 11.4. The van der Waals surface area contributed by atoms with Crippen molar-refractivity contribution in [3.05, 3.63) is 18.2 Å². The summed E-state index contributed by atoms with van der Waals surface area (Å²) in [6.07, 6.45) is 2.80. The van der Waals surface area contributed by atoms with E-state index in [0.717, 1.165) is 13.0 Å². The Balaban J connectivity index is 2.80. The Bertz CT molecular complexity index is 297. The standard InChI is InChI=1S/C11H20N2O2/c1-4-6-13-7-5-12-11(13)10(15)9(14)8(2)3/h5,7-10,14-15H,4,6H2,1-3H3. The number of aromatic nitrogens is 2. The summed E-state index contributed by atoms with van der Waals surface area (Å²) in [5.74, 6) is 0.574. The Hall–Kier alpha value is -0.870. The van der Waals surface area contributed by atoms with E-state index in [0.29, 0.717) is 5.82 Å². The molecule has 1 aromatic heterocycles. The van der Waals surface area contributed by atoms with Crippen molar-refractivity contribution in [1.82, 2.24) is 9.55 Å². The first-order valence-corrected chi connectivity index (χ1v) is 5.45. The molecule has 2 atom stereocenters. The van der Waals surface area contributed by atoms with Crippen molar-refractivity contribution in [2.45, 2.75) is 45.9 Å². The third-order valence-electron chi connectivity index (χ3n) is 2.48. The SMILES string of the molecule is CCCn1ccnc1C(O)C(O)C(C)C. The molecule has 0 bridgehead atoms. The number of aryl methyl sites for hydroxylation is 1. The number of hydrogen-bond acceptors (Lipinski definition) is 3. The minimum Gasteiger partial charge on any atom is -0.390 e. The van der Waals surface area contributed by atoms with Crippen LogP contribution < -0.4 is 0 Å². The molecule has 0 fully saturated rings. The van der Waals surface area contributed by atoms with Crippen LogP contribution in [0, 0.1) is 5.92 Å². The zero-order valence-electron chi connectivity index (χ0n) is 9.59. The van der Waals surface area contributed by atoms with E-state index in [-0.39, 0.29) is 5.92 Å². The average molecular weight is 212 g/mol. The topological polar surface area (TPSA) is 58.3 Å². The Labute approximate surface area is 90.6 Å². The van der Waals surface area contributed by atoms with E-state index in [9.17, 15) is 10.2 Å². The highest BCUT2D eigenvalue weighted by molar-refractivity contribution is 4.99. The molecule has 1 aromatic rings. The van der Waals surface area contributed by atoms with E-state index in [4.69, 9.17) is 0 Å². The van der Waals surface area contributed by atoms with Crippen molar-refractivity contribution in [3.63, 3.8) is 0 Å². The van der Waals surface area contributed by atoms with Gasteiger partial charge in [0.05, 0.1) is 6.10 Å². The van der Waals surface area contributed by atoms with E-state index in [1.165, 1.54) is 0 Å². The van der Waals surface area contributed by atoms with Gasteiger partial charge in [0.2, 0.25) is 0 Å². The lowest BCUT2D eigenvalue weighted by Gasteiger charge is -2.21. The van der Waals surface area contributed by atoms with Gasteiger partial charge in [0, 0.05) is 18.9 Å². The van der Waals surface area contributed by atoms with Gasteiger partial charge in [-0.05, 0) is 12.3 Å². The largest absolute Gasteiger partial charge is 0.390 e.